The topological polar surface area (TPSA) is 0 Å². The van der Waals surface area contributed by atoms with Gasteiger partial charge in [-0.1, -0.05) is 48.5 Å². The first kappa shape index (κ1) is 14.1. The zero-order chi connectivity index (χ0) is 14.8. The minimum atomic E-state index is 0.762. The minimum Gasteiger partial charge on any atom is -0.135 e. The lowest BCUT2D eigenvalue weighted by Crippen LogP contribution is -1.78. The second-order valence-electron chi connectivity index (χ2n) is 4.80. The van der Waals surface area contributed by atoms with Gasteiger partial charge in [-0.05, 0) is 54.0 Å². The van der Waals surface area contributed by atoms with Gasteiger partial charge in [0.1, 0.15) is 0 Å². The summed E-state index contributed by atoms with van der Waals surface area (Å²) in [7, 11) is 0. The normalized spacial score (nSPS) is 11.3. The van der Waals surface area contributed by atoms with Gasteiger partial charge in [0.25, 0.3) is 0 Å². The van der Waals surface area contributed by atoms with Crippen molar-refractivity contribution in [2.24, 2.45) is 0 Å². The molecule has 0 aliphatic carbocycles. The van der Waals surface area contributed by atoms with Crippen LogP contribution < -0.4 is 0 Å². The molecule has 0 saturated heterocycles. The molecule has 104 valence electrons. The Bertz CT molecular complexity index is 823. The number of fused-ring (bicyclic) bond motifs is 1. The van der Waals surface area contributed by atoms with E-state index in [-0.39, 0.29) is 0 Å². The highest BCUT2D eigenvalue weighted by atomic mass is 35.5. The van der Waals surface area contributed by atoms with Crippen LogP contribution in [-0.2, 0) is 0 Å². The fourth-order valence-electron chi connectivity index (χ4n) is 2.44. The van der Waals surface area contributed by atoms with Crippen molar-refractivity contribution in [3.05, 3.63) is 70.6 Å². The molecule has 3 rings (SSSR count). The van der Waals surface area contributed by atoms with Gasteiger partial charge >= 0.3 is 0 Å². The molecule has 0 atom stereocenters. The van der Waals surface area contributed by atoms with Crippen LogP contribution in [0.2, 0.25) is 5.02 Å². The molecule has 1 heterocycles. The second kappa shape index (κ2) is 5.88. The zero-order valence-corrected chi connectivity index (χ0v) is 13.3. The summed E-state index contributed by atoms with van der Waals surface area (Å²) in [6.07, 6.45) is 6.15. The number of hydrogen-bond acceptors (Lipinski definition) is 1. The van der Waals surface area contributed by atoms with Gasteiger partial charge in [0, 0.05) is 20.0 Å². The molecule has 0 fully saturated rings. The number of thiophene rings is 1. The Labute approximate surface area is 134 Å². The van der Waals surface area contributed by atoms with Crippen molar-refractivity contribution in [1.29, 1.82) is 0 Å². The summed E-state index contributed by atoms with van der Waals surface area (Å²) in [5, 5.41) is 2.02. The van der Waals surface area contributed by atoms with Gasteiger partial charge in [0.15, 0.2) is 0 Å². The van der Waals surface area contributed by atoms with Crippen LogP contribution in [0.3, 0.4) is 0 Å². The van der Waals surface area contributed by atoms with Crippen molar-refractivity contribution >= 4 is 45.2 Å². The lowest BCUT2D eigenvalue weighted by molar-refractivity contribution is 1.65. The summed E-state index contributed by atoms with van der Waals surface area (Å²) in [4.78, 5) is 1.26. The number of benzene rings is 2. The number of hydrogen-bond donors (Lipinski definition) is 0. The summed E-state index contributed by atoms with van der Waals surface area (Å²) >= 11 is 7.76. The molecule has 21 heavy (non-hydrogen) atoms. The van der Waals surface area contributed by atoms with Crippen LogP contribution in [0, 0.1) is 0 Å². The van der Waals surface area contributed by atoms with E-state index < -0.39 is 0 Å². The highest BCUT2D eigenvalue weighted by Crippen LogP contribution is 2.36. The van der Waals surface area contributed by atoms with Gasteiger partial charge in [0.05, 0.1) is 0 Å². The van der Waals surface area contributed by atoms with E-state index in [2.05, 4.69) is 49.1 Å². The van der Waals surface area contributed by atoms with E-state index in [0.29, 0.717) is 0 Å². The molecule has 0 aliphatic rings. The van der Waals surface area contributed by atoms with Gasteiger partial charge in [0.2, 0.25) is 0 Å². The molecular weight excluding hydrogens is 296 g/mol. The molecule has 0 spiro atoms. The molecular formula is C19H15ClS. The van der Waals surface area contributed by atoms with Crippen LogP contribution in [0.15, 0.2) is 55.1 Å². The maximum Gasteiger partial charge on any atom is 0.0406 e. The molecule has 0 bridgehead atoms. The summed E-state index contributed by atoms with van der Waals surface area (Å²) in [6, 6.07) is 14.5. The molecule has 3 aromatic rings. The van der Waals surface area contributed by atoms with Crippen molar-refractivity contribution < 1.29 is 0 Å². The quantitative estimate of drug-likeness (QED) is 0.493. The Morgan fingerprint density at radius 3 is 2.43 bits per heavy atom. The van der Waals surface area contributed by atoms with Crippen LogP contribution >= 0.6 is 22.9 Å². The molecule has 2 heteroatoms. The number of rotatable bonds is 3. The molecule has 1 aromatic heterocycles. The smallest absolute Gasteiger partial charge is 0.0406 e. The van der Waals surface area contributed by atoms with E-state index >= 15 is 0 Å². The van der Waals surface area contributed by atoms with Gasteiger partial charge in [-0.3, -0.25) is 0 Å². The first-order valence-corrected chi connectivity index (χ1v) is 8.00. The monoisotopic (exact) mass is 310 g/mol. The molecule has 0 amide bonds. The highest BCUT2D eigenvalue weighted by molar-refractivity contribution is 7.20. The van der Waals surface area contributed by atoms with E-state index in [0.717, 1.165) is 5.02 Å². The SMILES string of the molecule is C=Cc1c(/C=C\C)sc2ccc(-c3ccc(Cl)cc3)cc12. The standard InChI is InChI=1S/C19H15ClS/c1-3-5-18-16(4-2)17-12-14(8-11-19(17)21-18)13-6-9-15(20)10-7-13/h3-12H,2H2,1H3/b5-3-. The molecule has 0 aliphatic heterocycles. The van der Waals surface area contributed by atoms with Crippen molar-refractivity contribution in [1.82, 2.24) is 0 Å². The van der Waals surface area contributed by atoms with Gasteiger partial charge in [-0.2, -0.15) is 0 Å². The van der Waals surface area contributed by atoms with Crippen molar-refractivity contribution in [2.75, 3.05) is 0 Å². The Morgan fingerprint density at radius 1 is 1.05 bits per heavy atom. The molecule has 0 saturated carbocycles. The third kappa shape index (κ3) is 2.67. The van der Waals surface area contributed by atoms with Crippen molar-refractivity contribution in [3.8, 4) is 11.1 Å². The summed E-state index contributed by atoms with van der Waals surface area (Å²) in [5.41, 5.74) is 3.59. The van der Waals surface area contributed by atoms with Gasteiger partial charge < -0.3 is 0 Å². The third-order valence-corrected chi connectivity index (χ3v) is 4.86. The maximum absolute atomic E-state index is 5.96. The number of halogens is 1. The van der Waals surface area contributed by atoms with Crippen LogP contribution in [0.4, 0.5) is 0 Å². The van der Waals surface area contributed by atoms with E-state index in [4.69, 9.17) is 11.6 Å². The molecule has 0 unspecified atom stereocenters. The third-order valence-electron chi connectivity index (χ3n) is 3.45. The average molecular weight is 311 g/mol. The highest BCUT2D eigenvalue weighted by Gasteiger charge is 2.09. The van der Waals surface area contributed by atoms with E-state index in [1.807, 2.05) is 25.1 Å². The first-order valence-electron chi connectivity index (χ1n) is 6.80. The van der Waals surface area contributed by atoms with E-state index in [1.165, 1.54) is 31.7 Å². The van der Waals surface area contributed by atoms with Crippen LogP contribution in [0.5, 0.6) is 0 Å². The largest absolute Gasteiger partial charge is 0.135 e. The van der Waals surface area contributed by atoms with Crippen LogP contribution in [0.25, 0.3) is 33.4 Å². The lowest BCUT2D eigenvalue weighted by atomic mass is 10.0. The summed E-state index contributed by atoms with van der Waals surface area (Å²) < 4.78 is 1.29. The summed E-state index contributed by atoms with van der Waals surface area (Å²) in [5.74, 6) is 0. The number of allylic oxidation sites excluding steroid dienone is 1. The predicted molar refractivity (Wildman–Crippen MR) is 97.1 cm³/mol. The first-order chi connectivity index (χ1) is 10.2. The fraction of sp³-hybridized carbons (Fsp3) is 0.0526. The van der Waals surface area contributed by atoms with Crippen LogP contribution in [0.1, 0.15) is 17.4 Å². The van der Waals surface area contributed by atoms with E-state index in [9.17, 15) is 0 Å². The summed E-state index contributed by atoms with van der Waals surface area (Å²) in [6.45, 7) is 6.00. The van der Waals surface area contributed by atoms with Gasteiger partial charge in [-0.25, -0.2) is 0 Å². The van der Waals surface area contributed by atoms with Crippen molar-refractivity contribution in [2.45, 2.75) is 6.92 Å². The fourth-order valence-corrected chi connectivity index (χ4v) is 3.73. The average Bonchev–Trinajstić information content (AvgIpc) is 2.84. The Morgan fingerprint density at radius 2 is 1.76 bits per heavy atom. The zero-order valence-electron chi connectivity index (χ0n) is 11.8. The molecule has 0 radical (unpaired) electrons. The molecule has 0 N–H and O–H groups in total. The van der Waals surface area contributed by atoms with Crippen LogP contribution in [-0.4, -0.2) is 0 Å². The Kier molecular flexibility index (Phi) is 3.96. The van der Waals surface area contributed by atoms with Gasteiger partial charge in [-0.15, -0.1) is 11.3 Å². The molecule has 2 aromatic carbocycles. The van der Waals surface area contributed by atoms with Crippen molar-refractivity contribution in [3.63, 3.8) is 0 Å². The lowest BCUT2D eigenvalue weighted by Gasteiger charge is -2.03. The maximum atomic E-state index is 5.96. The van der Waals surface area contributed by atoms with E-state index in [1.54, 1.807) is 11.3 Å². The minimum absolute atomic E-state index is 0.762. The Balaban J connectivity index is 2.19. The predicted octanol–water partition coefficient (Wildman–Crippen LogP) is 6.90. The molecule has 0 nitrogen and oxygen atoms in total. The Hall–Kier alpha value is -1.83. The second-order valence-corrected chi connectivity index (χ2v) is 6.32.